The molecule has 0 aliphatic carbocycles. The van der Waals surface area contributed by atoms with Gasteiger partial charge in [0.15, 0.2) is 11.5 Å². The van der Waals surface area contributed by atoms with E-state index in [4.69, 9.17) is 21.0 Å². The zero-order chi connectivity index (χ0) is 11.8. The Labute approximate surface area is 95.2 Å². The van der Waals surface area contributed by atoms with Crippen LogP contribution in [0.5, 0.6) is 11.5 Å². The summed E-state index contributed by atoms with van der Waals surface area (Å²) in [6.07, 6.45) is 5.15. The van der Waals surface area contributed by atoms with E-state index in [2.05, 4.69) is 11.2 Å². The molecule has 1 aromatic rings. The topological polar surface area (TPSA) is 50.7 Å². The van der Waals surface area contributed by atoms with Crippen LogP contribution in [-0.4, -0.2) is 32.0 Å². The predicted molar refractivity (Wildman–Crippen MR) is 62.9 cm³/mol. The lowest BCUT2D eigenvalue weighted by atomic mass is 10.2. The molecule has 0 aliphatic rings. The van der Waals surface area contributed by atoms with Gasteiger partial charge in [-0.3, -0.25) is 0 Å². The Bertz CT molecular complexity index is 371. The van der Waals surface area contributed by atoms with Gasteiger partial charge in [0.25, 0.3) is 0 Å². The fraction of sp³-hybridized carbons (Fsp3) is 0.333. The van der Waals surface area contributed by atoms with Crippen molar-refractivity contribution in [3.05, 3.63) is 18.2 Å². The molecule has 2 N–H and O–H groups in total. The molecule has 0 aromatic heterocycles. The zero-order valence-corrected chi connectivity index (χ0v) is 9.19. The molecule has 0 unspecified atom stereocenters. The minimum atomic E-state index is -0.0365. The van der Waals surface area contributed by atoms with Crippen molar-refractivity contribution in [1.82, 2.24) is 0 Å². The lowest BCUT2D eigenvalue weighted by molar-refractivity contribution is 0.196. The number of hydrogen-bond acceptors (Lipinski definition) is 4. The predicted octanol–water partition coefficient (Wildman–Crippen LogP) is 1.11. The number of hydrogen-bond donors (Lipinski definition) is 2. The number of aliphatic hydroxyl groups is 1. The Kier molecular flexibility index (Phi) is 5.03. The fourth-order valence-corrected chi connectivity index (χ4v) is 1.21. The van der Waals surface area contributed by atoms with Crippen LogP contribution in [0.1, 0.15) is 0 Å². The molecular formula is C12H15NO3. The highest BCUT2D eigenvalue weighted by molar-refractivity contribution is 5.55. The number of benzene rings is 1. The van der Waals surface area contributed by atoms with Crippen molar-refractivity contribution in [2.45, 2.75) is 0 Å². The van der Waals surface area contributed by atoms with Gasteiger partial charge in [0.2, 0.25) is 0 Å². The van der Waals surface area contributed by atoms with Crippen LogP contribution < -0.4 is 14.8 Å². The smallest absolute Gasteiger partial charge is 0.163 e. The number of rotatable bonds is 6. The largest absolute Gasteiger partial charge is 0.493 e. The normalized spacial score (nSPS) is 9.31. The molecule has 0 atom stereocenters. The number of anilines is 1. The highest BCUT2D eigenvalue weighted by atomic mass is 16.5. The maximum Gasteiger partial charge on any atom is 0.163 e. The van der Waals surface area contributed by atoms with Gasteiger partial charge in [0.05, 0.1) is 20.3 Å². The van der Waals surface area contributed by atoms with Gasteiger partial charge in [-0.05, 0) is 12.1 Å². The van der Waals surface area contributed by atoms with Crippen molar-refractivity contribution < 1.29 is 14.6 Å². The average Bonchev–Trinajstić information content (AvgIpc) is 2.33. The van der Waals surface area contributed by atoms with Gasteiger partial charge in [0, 0.05) is 11.8 Å². The van der Waals surface area contributed by atoms with E-state index in [1.54, 1.807) is 19.2 Å². The summed E-state index contributed by atoms with van der Waals surface area (Å²) in [5.74, 6) is 3.69. The minimum absolute atomic E-state index is 0.0365. The molecule has 4 nitrogen and oxygen atoms in total. The first kappa shape index (κ1) is 12.2. The maximum atomic E-state index is 8.69. The Morgan fingerprint density at radius 3 is 2.88 bits per heavy atom. The van der Waals surface area contributed by atoms with Crippen molar-refractivity contribution in [1.29, 1.82) is 0 Å². The SMILES string of the molecule is C#CCNc1ccc(OC)c(OCCO)c1. The van der Waals surface area contributed by atoms with Crippen LogP contribution in [-0.2, 0) is 0 Å². The lowest BCUT2D eigenvalue weighted by Crippen LogP contribution is -2.04. The molecule has 0 bridgehead atoms. The molecule has 0 heterocycles. The molecule has 86 valence electrons. The summed E-state index contributed by atoms with van der Waals surface area (Å²) < 4.78 is 10.5. The summed E-state index contributed by atoms with van der Waals surface area (Å²) in [4.78, 5) is 0. The van der Waals surface area contributed by atoms with Crippen molar-refractivity contribution in [3.8, 4) is 23.8 Å². The highest BCUT2D eigenvalue weighted by Crippen LogP contribution is 2.29. The molecule has 0 aliphatic heterocycles. The molecule has 0 radical (unpaired) electrons. The van der Waals surface area contributed by atoms with Crippen molar-refractivity contribution in [2.75, 3.05) is 32.2 Å². The summed E-state index contributed by atoms with van der Waals surface area (Å²) in [5.41, 5.74) is 0.853. The van der Waals surface area contributed by atoms with Gasteiger partial charge in [-0.2, -0.15) is 0 Å². The molecule has 0 spiro atoms. The minimum Gasteiger partial charge on any atom is -0.493 e. The summed E-state index contributed by atoms with van der Waals surface area (Å²) >= 11 is 0. The standard InChI is InChI=1S/C12H15NO3/c1-3-6-13-10-4-5-11(15-2)12(9-10)16-8-7-14/h1,4-5,9,13-14H,6-8H2,2H3. The van der Waals surface area contributed by atoms with E-state index < -0.39 is 0 Å². The van der Waals surface area contributed by atoms with E-state index in [9.17, 15) is 0 Å². The Morgan fingerprint density at radius 1 is 1.44 bits per heavy atom. The molecular weight excluding hydrogens is 206 g/mol. The molecule has 1 rings (SSSR count). The number of terminal acetylenes is 1. The highest BCUT2D eigenvalue weighted by Gasteiger charge is 2.05. The summed E-state index contributed by atoms with van der Waals surface area (Å²) in [7, 11) is 1.57. The van der Waals surface area contributed by atoms with E-state index >= 15 is 0 Å². The van der Waals surface area contributed by atoms with Crippen LogP contribution in [0.15, 0.2) is 18.2 Å². The maximum absolute atomic E-state index is 8.69. The third-order valence-electron chi connectivity index (χ3n) is 1.91. The third-order valence-corrected chi connectivity index (χ3v) is 1.91. The van der Waals surface area contributed by atoms with E-state index in [1.807, 2.05) is 6.07 Å². The quantitative estimate of drug-likeness (QED) is 0.707. The molecule has 4 heteroatoms. The van der Waals surface area contributed by atoms with Crippen LogP contribution in [0.2, 0.25) is 0 Å². The van der Waals surface area contributed by atoms with Crippen LogP contribution in [0.4, 0.5) is 5.69 Å². The molecule has 0 amide bonds. The summed E-state index contributed by atoms with van der Waals surface area (Å²) in [5, 5.41) is 11.7. The summed E-state index contributed by atoms with van der Waals surface area (Å²) in [6.45, 7) is 0.645. The summed E-state index contributed by atoms with van der Waals surface area (Å²) in [6, 6.07) is 5.42. The second-order valence-corrected chi connectivity index (χ2v) is 3.00. The lowest BCUT2D eigenvalue weighted by Gasteiger charge is -2.11. The molecule has 0 saturated heterocycles. The van der Waals surface area contributed by atoms with Crippen LogP contribution >= 0.6 is 0 Å². The Hall–Kier alpha value is -1.86. The van der Waals surface area contributed by atoms with Gasteiger partial charge in [-0.25, -0.2) is 0 Å². The van der Waals surface area contributed by atoms with Crippen LogP contribution in [0, 0.1) is 12.3 Å². The average molecular weight is 221 g/mol. The molecule has 0 fully saturated rings. The van der Waals surface area contributed by atoms with Gasteiger partial charge in [-0.15, -0.1) is 6.42 Å². The van der Waals surface area contributed by atoms with Crippen molar-refractivity contribution >= 4 is 5.69 Å². The van der Waals surface area contributed by atoms with E-state index in [-0.39, 0.29) is 13.2 Å². The first-order chi connectivity index (χ1) is 7.81. The van der Waals surface area contributed by atoms with Gasteiger partial charge in [0.1, 0.15) is 6.61 Å². The fourth-order valence-electron chi connectivity index (χ4n) is 1.21. The molecule has 1 aromatic carbocycles. The zero-order valence-electron chi connectivity index (χ0n) is 9.19. The van der Waals surface area contributed by atoms with Crippen molar-refractivity contribution in [3.63, 3.8) is 0 Å². The number of nitrogens with one attached hydrogen (secondary N) is 1. The Balaban J connectivity index is 2.79. The van der Waals surface area contributed by atoms with E-state index in [0.29, 0.717) is 18.0 Å². The Morgan fingerprint density at radius 2 is 2.25 bits per heavy atom. The number of methoxy groups -OCH3 is 1. The second kappa shape index (κ2) is 6.59. The first-order valence-electron chi connectivity index (χ1n) is 4.91. The molecule has 16 heavy (non-hydrogen) atoms. The van der Waals surface area contributed by atoms with Crippen LogP contribution in [0.25, 0.3) is 0 Å². The number of aliphatic hydroxyl groups excluding tert-OH is 1. The van der Waals surface area contributed by atoms with E-state index in [1.165, 1.54) is 0 Å². The van der Waals surface area contributed by atoms with Gasteiger partial charge >= 0.3 is 0 Å². The van der Waals surface area contributed by atoms with Gasteiger partial charge in [-0.1, -0.05) is 5.92 Å². The van der Waals surface area contributed by atoms with Gasteiger partial charge < -0.3 is 19.9 Å². The van der Waals surface area contributed by atoms with Crippen LogP contribution in [0.3, 0.4) is 0 Å². The third kappa shape index (κ3) is 3.37. The second-order valence-electron chi connectivity index (χ2n) is 3.00. The monoisotopic (exact) mass is 221 g/mol. The molecule has 0 saturated carbocycles. The number of ether oxygens (including phenoxy) is 2. The van der Waals surface area contributed by atoms with Crippen molar-refractivity contribution in [2.24, 2.45) is 0 Å². The first-order valence-corrected chi connectivity index (χ1v) is 4.91. The van der Waals surface area contributed by atoms with E-state index in [0.717, 1.165) is 5.69 Å².